The van der Waals surface area contributed by atoms with Gasteiger partial charge in [-0.05, 0) is 50.7 Å². The molecule has 1 unspecified atom stereocenters. The van der Waals surface area contributed by atoms with Crippen molar-refractivity contribution in [3.05, 3.63) is 82.9 Å². The van der Waals surface area contributed by atoms with E-state index in [2.05, 4.69) is 74.5 Å². The normalized spacial score (nSPS) is 21.9. The standard InChI is InChI=1S/C21H24/c1-17-8-10-20(11-9-17)21(14-12-18(2)13-15-21)16-19-6-4-3-5-7-19/h3-12H,13-16H2,1-2H3. The largest absolute Gasteiger partial charge is 0.0847 e. The van der Waals surface area contributed by atoms with Crippen molar-refractivity contribution in [3.63, 3.8) is 0 Å². The highest BCUT2D eigenvalue weighted by atomic mass is 14.4. The maximum Gasteiger partial charge on any atom is 0.00309 e. The highest BCUT2D eigenvalue weighted by molar-refractivity contribution is 5.34. The summed E-state index contributed by atoms with van der Waals surface area (Å²) in [5.74, 6) is 0. The molecule has 0 heteroatoms. The first-order chi connectivity index (χ1) is 10.2. The summed E-state index contributed by atoms with van der Waals surface area (Å²) in [6.45, 7) is 4.43. The lowest BCUT2D eigenvalue weighted by Gasteiger charge is -2.37. The molecule has 2 aromatic carbocycles. The first-order valence-electron chi connectivity index (χ1n) is 7.95. The van der Waals surface area contributed by atoms with Crippen LogP contribution >= 0.6 is 0 Å². The predicted octanol–water partition coefficient (Wildman–Crippen LogP) is 5.61. The summed E-state index contributed by atoms with van der Waals surface area (Å²) in [6.07, 6.45) is 7.23. The molecule has 0 saturated heterocycles. The Balaban J connectivity index is 1.97. The first-order valence-corrected chi connectivity index (χ1v) is 7.95. The fraction of sp³-hybridized carbons (Fsp3) is 0.333. The van der Waals surface area contributed by atoms with Crippen LogP contribution in [0.2, 0.25) is 0 Å². The molecule has 0 bridgehead atoms. The molecule has 1 aliphatic rings. The van der Waals surface area contributed by atoms with Gasteiger partial charge in [-0.15, -0.1) is 0 Å². The van der Waals surface area contributed by atoms with Crippen molar-refractivity contribution in [1.29, 1.82) is 0 Å². The van der Waals surface area contributed by atoms with Crippen molar-refractivity contribution < 1.29 is 0 Å². The predicted molar refractivity (Wildman–Crippen MR) is 90.6 cm³/mol. The van der Waals surface area contributed by atoms with Crippen LogP contribution in [-0.2, 0) is 11.8 Å². The van der Waals surface area contributed by atoms with Crippen molar-refractivity contribution in [3.8, 4) is 0 Å². The van der Waals surface area contributed by atoms with Crippen LogP contribution in [0.4, 0.5) is 0 Å². The van der Waals surface area contributed by atoms with Gasteiger partial charge >= 0.3 is 0 Å². The molecule has 0 aliphatic heterocycles. The van der Waals surface area contributed by atoms with Crippen molar-refractivity contribution >= 4 is 0 Å². The summed E-state index contributed by atoms with van der Waals surface area (Å²) in [7, 11) is 0. The Morgan fingerprint density at radius 1 is 0.905 bits per heavy atom. The molecule has 21 heavy (non-hydrogen) atoms. The second-order valence-corrected chi connectivity index (χ2v) is 6.56. The fourth-order valence-corrected chi connectivity index (χ4v) is 3.43. The zero-order chi connectivity index (χ0) is 14.7. The maximum absolute atomic E-state index is 2.45. The van der Waals surface area contributed by atoms with Crippen molar-refractivity contribution in [2.45, 2.75) is 44.9 Å². The van der Waals surface area contributed by atoms with Gasteiger partial charge in [0.05, 0.1) is 0 Å². The number of rotatable bonds is 3. The smallest absolute Gasteiger partial charge is 0.00309 e. The molecule has 0 spiro atoms. The van der Waals surface area contributed by atoms with Gasteiger partial charge in [-0.1, -0.05) is 71.8 Å². The van der Waals surface area contributed by atoms with Crippen LogP contribution in [0.15, 0.2) is 66.2 Å². The Hall–Kier alpha value is -1.82. The number of hydrogen-bond donors (Lipinski definition) is 0. The van der Waals surface area contributed by atoms with E-state index in [4.69, 9.17) is 0 Å². The maximum atomic E-state index is 2.45. The molecule has 0 N–H and O–H groups in total. The van der Waals surface area contributed by atoms with E-state index in [0.717, 1.165) is 12.8 Å². The minimum Gasteiger partial charge on any atom is -0.0847 e. The van der Waals surface area contributed by atoms with Gasteiger partial charge in [0.2, 0.25) is 0 Å². The Labute approximate surface area is 128 Å². The zero-order valence-corrected chi connectivity index (χ0v) is 13.1. The third-order valence-corrected chi connectivity index (χ3v) is 4.89. The van der Waals surface area contributed by atoms with Crippen molar-refractivity contribution in [2.75, 3.05) is 0 Å². The Kier molecular flexibility index (Phi) is 3.96. The molecule has 1 aliphatic carbocycles. The van der Waals surface area contributed by atoms with Gasteiger partial charge in [0.25, 0.3) is 0 Å². The summed E-state index contributed by atoms with van der Waals surface area (Å²) in [4.78, 5) is 0. The summed E-state index contributed by atoms with van der Waals surface area (Å²) in [5.41, 5.74) is 6.11. The lowest BCUT2D eigenvalue weighted by molar-refractivity contribution is 0.377. The average Bonchev–Trinajstić information content (AvgIpc) is 2.52. The topological polar surface area (TPSA) is 0 Å². The van der Waals surface area contributed by atoms with Crippen molar-refractivity contribution in [2.24, 2.45) is 0 Å². The number of aryl methyl sites for hydroxylation is 1. The van der Waals surface area contributed by atoms with Crippen LogP contribution in [0.1, 0.15) is 42.9 Å². The van der Waals surface area contributed by atoms with Gasteiger partial charge in [0.1, 0.15) is 0 Å². The Bertz CT molecular complexity index is 619. The zero-order valence-electron chi connectivity index (χ0n) is 13.1. The van der Waals surface area contributed by atoms with Crippen LogP contribution in [0.3, 0.4) is 0 Å². The quantitative estimate of drug-likeness (QED) is 0.640. The van der Waals surface area contributed by atoms with E-state index in [9.17, 15) is 0 Å². The Morgan fingerprint density at radius 2 is 1.62 bits per heavy atom. The highest BCUT2D eigenvalue weighted by Crippen LogP contribution is 2.41. The van der Waals surface area contributed by atoms with E-state index >= 15 is 0 Å². The monoisotopic (exact) mass is 276 g/mol. The lowest BCUT2D eigenvalue weighted by atomic mass is 9.67. The summed E-state index contributed by atoms with van der Waals surface area (Å²) >= 11 is 0. The van der Waals surface area contributed by atoms with E-state index in [1.165, 1.54) is 29.5 Å². The molecule has 0 aromatic heterocycles. The van der Waals surface area contributed by atoms with Crippen LogP contribution < -0.4 is 0 Å². The summed E-state index contributed by atoms with van der Waals surface area (Å²) in [6, 6.07) is 20.1. The molecule has 0 saturated carbocycles. The van der Waals surface area contributed by atoms with E-state index in [-0.39, 0.29) is 5.41 Å². The van der Waals surface area contributed by atoms with Crippen LogP contribution in [-0.4, -0.2) is 0 Å². The SMILES string of the molecule is CC1=CCC(Cc2ccccc2)(c2ccc(C)cc2)CC1. The van der Waals surface area contributed by atoms with Gasteiger partial charge in [-0.3, -0.25) is 0 Å². The molecule has 2 aromatic rings. The Morgan fingerprint density at radius 3 is 2.24 bits per heavy atom. The minimum absolute atomic E-state index is 0.272. The third-order valence-electron chi connectivity index (χ3n) is 4.89. The molecule has 1 atom stereocenters. The summed E-state index contributed by atoms with van der Waals surface area (Å²) < 4.78 is 0. The van der Waals surface area contributed by atoms with Gasteiger partial charge in [-0.25, -0.2) is 0 Å². The van der Waals surface area contributed by atoms with Crippen LogP contribution in [0.25, 0.3) is 0 Å². The molecule has 0 nitrogen and oxygen atoms in total. The molecule has 0 fully saturated rings. The molecule has 0 radical (unpaired) electrons. The lowest BCUT2D eigenvalue weighted by Crippen LogP contribution is -2.30. The molecule has 3 rings (SSSR count). The molecule has 0 heterocycles. The van der Waals surface area contributed by atoms with E-state index < -0.39 is 0 Å². The first kappa shape index (κ1) is 14.1. The fourth-order valence-electron chi connectivity index (χ4n) is 3.43. The van der Waals surface area contributed by atoms with E-state index in [1.807, 2.05) is 0 Å². The number of hydrogen-bond acceptors (Lipinski definition) is 0. The van der Waals surface area contributed by atoms with E-state index in [0.29, 0.717) is 0 Å². The second-order valence-electron chi connectivity index (χ2n) is 6.56. The minimum atomic E-state index is 0.272. The van der Waals surface area contributed by atoms with Crippen LogP contribution in [0.5, 0.6) is 0 Å². The number of benzene rings is 2. The van der Waals surface area contributed by atoms with Crippen LogP contribution in [0, 0.1) is 6.92 Å². The van der Waals surface area contributed by atoms with E-state index in [1.54, 1.807) is 5.57 Å². The molecule has 108 valence electrons. The van der Waals surface area contributed by atoms with Gasteiger partial charge < -0.3 is 0 Å². The summed E-state index contributed by atoms with van der Waals surface area (Å²) in [5, 5.41) is 0. The average molecular weight is 276 g/mol. The third kappa shape index (κ3) is 3.10. The molecule has 0 amide bonds. The molecular formula is C21H24. The van der Waals surface area contributed by atoms with Gasteiger partial charge in [0.15, 0.2) is 0 Å². The van der Waals surface area contributed by atoms with Crippen molar-refractivity contribution in [1.82, 2.24) is 0 Å². The highest BCUT2D eigenvalue weighted by Gasteiger charge is 2.33. The van der Waals surface area contributed by atoms with Gasteiger partial charge in [-0.2, -0.15) is 0 Å². The number of allylic oxidation sites excluding steroid dienone is 2. The molecular weight excluding hydrogens is 252 g/mol. The second kappa shape index (κ2) is 5.89. The van der Waals surface area contributed by atoms with Gasteiger partial charge in [0, 0.05) is 5.41 Å².